The third-order valence-corrected chi connectivity index (χ3v) is 4.12. The summed E-state index contributed by atoms with van der Waals surface area (Å²) in [7, 11) is 0. The van der Waals surface area contributed by atoms with Gasteiger partial charge >= 0.3 is 5.97 Å². The zero-order chi connectivity index (χ0) is 15.1. The number of carboxylic acids is 1. The Kier molecular flexibility index (Phi) is 3.13. The van der Waals surface area contributed by atoms with Crippen LogP contribution in [-0.4, -0.2) is 44.9 Å². The molecular formula is C12H12N4O4S. The summed E-state index contributed by atoms with van der Waals surface area (Å²) in [5.41, 5.74) is -0.0350. The molecule has 0 saturated carbocycles. The van der Waals surface area contributed by atoms with Gasteiger partial charge in [0, 0.05) is 11.6 Å². The van der Waals surface area contributed by atoms with Gasteiger partial charge in [-0.25, -0.2) is 9.78 Å². The van der Waals surface area contributed by atoms with Crippen LogP contribution < -0.4 is 10.2 Å². The minimum absolute atomic E-state index is 0.0350. The van der Waals surface area contributed by atoms with Crippen LogP contribution in [0, 0.1) is 0 Å². The Balaban J connectivity index is 2.15. The molecule has 2 N–H and O–H groups in total. The summed E-state index contributed by atoms with van der Waals surface area (Å²) >= 11 is 1.29. The van der Waals surface area contributed by atoms with E-state index in [1.54, 1.807) is 18.5 Å². The summed E-state index contributed by atoms with van der Waals surface area (Å²) in [6.45, 7) is 1.71. The molecule has 2 amide bonds. The van der Waals surface area contributed by atoms with Gasteiger partial charge in [-0.05, 0) is 6.42 Å². The van der Waals surface area contributed by atoms with E-state index >= 15 is 0 Å². The van der Waals surface area contributed by atoms with Gasteiger partial charge in [-0.1, -0.05) is 6.92 Å². The zero-order valence-corrected chi connectivity index (χ0v) is 11.9. The summed E-state index contributed by atoms with van der Waals surface area (Å²) in [6, 6.07) is -0.606. The van der Waals surface area contributed by atoms with Gasteiger partial charge in [0.15, 0.2) is 16.5 Å². The van der Waals surface area contributed by atoms with Gasteiger partial charge in [0.05, 0.1) is 6.54 Å². The summed E-state index contributed by atoms with van der Waals surface area (Å²) in [6.07, 6.45) is 2.05. The lowest BCUT2D eigenvalue weighted by Gasteiger charge is -2.33. The third-order valence-electron chi connectivity index (χ3n) is 3.36. The molecule has 0 aliphatic carbocycles. The number of thiazole rings is 1. The molecule has 110 valence electrons. The molecule has 1 saturated heterocycles. The van der Waals surface area contributed by atoms with Gasteiger partial charge in [-0.3, -0.25) is 19.3 Å². The first-order valence-electron chi connectivity index (χ1n) is 6.32. The number of aromatic carboxylic acids is 1. The number of aromatic nitrogens is 2. The van der Waals surface area contributed by atoms with Crippen molar-refractivity contribution < 1.29 is 19.5 Å². The number of carboxylic acid groups (broad SMARTS) is 1. The monoisotopic (exact) mass is 308 g/mol. The highest BCUT2D eigenvalue weighted by Gasteiger charge is 2.36. The SMILES string of the molecule is CCC1C(=O)NC(=O)CN1c1nc2sccn2c1C(=O)O. The Labute approximate surface area is 123 Å². The molecular weight excluding hydrogens is 296 g/mol. The first-order chi connectivity index (χ1) is 10.0. The van der Waals surface area contributed by atoms with Crippen LogP contribution >= 0.6 is 11.3 Å². The quantitative estimate of drug-likeness (QED) is 0.792. The standard InChI is InChI=1S/C12H12N4O4S/c1-2-6-10(18)13-7(17)5-16(6)9-8(11(19)20)15-3-4-21-12(15)14-9/h3-4,6H,2,5H2,1H3,(H,19,20)(H,13,17,18). The average Bonchev–Trinajstić information content (AvgIpc) is 2.96. The van der Waals surface area contributed by atoms with Crippen molar-refractivity contribution in [1.82, 2.24) is 14.7 Å². The van der Waals surface area contributed by atoms with Gasteiger partial charge in [-0.15, -0.1) is 11.3 Å². The van der Waals surface area contributed by atoms with Crippen LogP contribution in [0.4, 0.5) is 5.82 Å². The van der Waals surface area contributed by atoms with Crippen molar-refractivity contribution in [3.63, 3.8) is 0 Å². The van der Waals surface area contributed by atoms with E-state index in [0.29, 0.717) is 11.4 Å². The van der Waals surface area contributed by atoms with Crippen molar-refractivity contribution >= 4 is 39.9 Å². The van der Waals surface area contributed by atoms with Crippen molar-refractivity contribution in [2.24, 2.45) is 0 Å². The minimum atomic E-state index is -1.15. The first kappa shape index (κ1) is 13.6. The molecule has 9 heteroatoms. The van der Waals surface area contributed by atoms with Crippen molar-refractivity contribution in [2.75, 3.05) is 11.4 Å². The van der Waals surface area contributed by atoms with Gasteiger partial charge in [-0.2, -0.15) is 0 Å². The maximum atomic E-state index is 11.9. The van der Waals surface area contributed by atoms with Crippen LogP contribution in [0.25, 0.3) is 4.96 Å². The third kappa shape index (κ3) is 2.05. The first-order valence-corrected chi connectivity index (χ1v) is 7.20. The number of nitrogens with one attached hydrogen (secondary N) is 1. The second kappa shape index (κ2) is 4.85. The molecule has 0 spiro atoms. The highest BCUT2D eigenvalue weighted by atomic mass is 32.1. The molecule has 1 atom stereocenters. The lowest BCUT2D eigenvalue weighted by molar-refractivity contribution is -0.133. The number of fused-ring (bicyclic) bond motifs is 1. The summed E-state index contributed by atoms with van der Waals surface area (Å²) < 4.78 is 1.45. The Bertz CT molecular complexity index is 750. The van der Waals surface area contributed by atoms with Crippen LogP contribution in [0.3, 0.4) is 0 Å². The summed E-state index contributed by atoms with van der Waals surface area (Å²) in [5.74, 6) is -1.88. The number of carbonyl (C=O) groups excluding carboxylic acids is 2. The van der Waals surface area contributed by atoms with Crippen LogP contribution in [0.2, 0.25) is 0 Å². The lowest BCUT2D eigenvalue weighted by atomic mass is 10.1. The van der Waals surface area contributed by atoms with E-state index in [-0.39, 0.29) is 18.1 Å². The van der Waals surface area contributed by atoms with Crippen LogP contribution in [0.15, 0.2) is 11.6 Å². The Morgan fingerprint density at radius 2 is 2.33 bits per heavy atom. The molecule has 8 nitrogen and oxygen atoms in total. The summed E-state index contributed by atoms with van der Waals surface area (Å²) in [4.78, 5) is 41.3. The number of hydrogen-bond donors (Lipinski definition) is 2. The molecule has 21 heavy (non-hydrogen) atoms. The highest BCUT2D eigenvalue weighted by molar-refractivity contribution is 7.15. The second-order valence-electron chi connectivity index (χ2n) is 4.61. The number of hydrogen-bond acceptors (Lipinski definition) is 6. The Hall–Kier alpha value is -2.42. The minimum Gasteiger partial charge on any atom is -0.476 e. The number of carbonyl (C=O) groups is 3. The number of imide groups is 1. The van der Waals surface area contributed by atoms with Gasteiger partial charge < -0.3 is 10.0 Å². The molecule has 0 bridgehead atoms. The number of imidazole rings is 1. The molecule has 3 heterocycles. The second-order valence-corrected chi connectivity index (χ2v) is 5.48. The van der Waals surface area contributed by atoms with E-state index in [0.717, 1.165) is 0 Å². The Morgan fingerprint density at radius 3 is 3.00 bits per heavy atom. The lowest BCUT2D eigenvalue weighted by Crippen LogP contribution is -2.58. The van der Waals surface area contributed by atoms with E-state index in [1.807, 2.05) is 0 Å². The van der Waals surface area contributed by atoms with E-state index in [1.165, 1.54) is 20.6 Å². The number of amides is 2. The van der Waals surface area contributed by atoms with E-state index in [2.05, 4.69) is 10.3 Å². The maximum Gasteiger partial charge on any atom is 0.356 e. The highest BCUT2D eigenvalue weighted by Crippen LogP contribution is 2.27. The number of nitrogens with zero attached hydrogens (tertiary/aromatic N) is 3. The fourth-order valence-corrected chi connectivity index (χ4v) is 3.18. The average molecular weight is 308 g/mol. The molecule has 1 aliphatic heterocycles. The van der Waals surface area contributed by atoms with Gasteiger partial charge in [0.2, 0.25) is 11.8 Å². The Morgan fingerprint density at radius 1 is 1.57 bits per heavy atom. The largest absolute Gasteiger partial charge is 0.476 e. The van der Waals surface area contributed by atoms with Crippen molar-refractivity contribution in [2.45, 2.75) is 19.4 Å². The topological polar surface area (TPSA) is 104 Å². The molecule has 2 aromatic heterocycles. The number of rotatable bonds is 3. The predicted octanol–water partition coefficient (Wildman–Crippen LogP) is 0.335. The molecule has 1 aliphatic rings. The predicted molar refractivity (Wildman–Crippen MR) is 74.6 cm³/mol. The van der Waals surface area contributed by atoms with Crippen molar-refractivity contribution in [1.29, 1.82) is 0 Å². The maximum absolute atomic E-state index is 11.9. The van der Waals surface area contributed by atoms with Crippen LogP contribution in [-0.2, 0) is 9.59 Å². The molecule has 0 radical (unpaired) electrons. The van der Waals surface area contributed by atoms with Crippen molar-refractivity contribution in [3.8, 4) is 0 Å². The molecule has 0 aromatic carbocycles. The number of piperazine rings is 1. The molecule has 1 unspecified atom stereocenters. The summed E-state index contributed by atoms with van der Waals surface area (Å²) in [5, 5.41) is 13.4. The normalized spacial score (nSPS) is 19.1. The van der Waals surface area contributed by atoms with E-state index in [9.17, 15) is 19.5 Å². The molecule has 1 fully saturated rings. The van der Waals surface area contributed by atoms with Gasteiger partial charge in [0.1, 0.15) is 6.04 Å². The van der Waals surface area contributed by atoms with Crippen LogP contribution in [0.1, 0.15) is 23.8 Å². The van der Waals surface area contributed by atoms with E-state index in [4.69, 9.17) is 0 Å². The van der Waals surface area contributed by atoms with Crippen molar-refractivity contribution in [3.05, 3.63) is 17.3 Å². The fraction of sp³-hybridized carbons (Fsp3) is 0.333. The molecule has 3 rings (SSSR count). The zero-order valence-electron chi connectivity index (χ0n) is 11.1. The van der Waals surface area contributed by atoms with E-state index < -0.39 is 23.8 Å². The smallest absolute Gasteiger partial charge is 0.356 e. The number of anilines is 1. The fourth-order valence-electron chi connectivity index (χ4n) is 2.47. The van der Waals surface area contributed by atoms with Gasteiger partial charge in [0.25, 0.3) is 0 Å². The molecule has 2 aromatic rings. The van der Waals surface area contributed by atoms with Crippen LogP contribution in [0.5, 0.6) is 0 Å².